The van der Waals surface area contributed by atoms with Crippen LogP contribution in [-0.2, 0) is 9.53 Å². The van der Waals surface area contributed by atoms with Gasteiger partial charge in [0.2, 0.25) is 0 Å². The molecule has 0 amide bonds. The molecule has 1 atom stereocenters. The number of piperidine rings is 1. The Labute approximate surface area is 216 Å². The van der Waals surface area contributed by atoms with E-state index >= 15 is 0 Å². The van der Waals surface area contributed by atoms with Crippen molar-refractivity contribution in [3.63, 3.8) is 0 Å². The maximum atomic E-state index is 13.1. The molecule has 3 rings (SSSR count). The largest absolute Gasteiger partial charge is 0.504 e. The van der Waals surface area contributed by atoms with Gasteiger partial charge in [0.25, 0.3) is 0 Å². The van der Waals surface area contributed by atoms with E-state index < -0.39 is 5.41 Å². The third kappa shape index (κ3) is 7.25. The standard InChI is InChI=1S/C29H45N3O4/c1-5-7-8-9-22(3)12-17-32-18-14-29(15-19-32,28(34)36-6-2)13-16-30-27-24-20-23(35-4)10-11-25(24)31-21-26(27)33/h10-11,20-22,33H,5-9,12-19H2,1-4H3,(H,30,31). The number of carbonyl (C=O) groups is 1. The van der Waals surface area contributed by atoms with Crippen LogP contribution < -0.4 is 10.1 Å². The highest BCUT2D eigenvalue weighted by Gasteiger charge is 2.42. The van der Waals surface area contributed by atoms with Gasteiger partial charge in [-0.2, -0.15) is 0 Å². The molecule has 1 fully saturated rings. The van der Waals surface area contributed by atoms with E-state index in [0.717, 1.165) is 49.3 Å². The summed E-state index contributed by atoms with van der Waals surface area (Å²) in [5.74, 6) is 1.45. The number of nitrogens with one attached hydrogen (secondary N) is 1. The zero-order chi connectivity index (χ0) is 26.0. The summed E-state index contributed by atoms with van der Waals surface area (Å²) < 4.78 is 10.9. The molecule has 0 spiro atoms. The summed E-state index contributed by atoms with van der Waals surface area (Å²) in [5, 5.41) is 14.7. The van der Waals surface area contributed by atoms with Crippen molar-refractivity contribution >= 4 is 22.6 Å². The Balaban J connectivity index is 1.61. The number of anilines is 1. The van der Waals surface area contributed by atoms with Gasteiger partial charge in [0, 0.05) is 11.9 Å². The van der Waals surface area contributed by atoms with Crippen LogP contribution >= 0.6 is 0 Å². The van der Waals surface area contributed by atoms with Gasteiger partial charge in [0.05, 0.1) is 36.5 Å². The number of aromatic hydroxyl groups is 1. The van der Waals surface area contributed by atoms with Gasteiger partial charge in [-0.3, -0.25) is 9.78 Å². The molecule has 1 aromatic carbocycles. The number of hydrogen-bond acceptors (Lipinski definition) is 7. The fourth-order valence-electron chi connectivity index (χ4n) is 5.24. The van der Waals surface area contributed by atoms with Crippen molar-refractivity contribution in [1.82, 2.24) is 9.88 Å². The van der Waals surface area contributed by atoms with Crippen LogP contribution in [0.5, 0.6) is 11.5 Å². The molecule has 0 bridgehead atoms. The zero-order valence-electron chi connectivity index (χ0n) is 22.6. The molecule has 2 aromatic rings. The zero-order valence-corrected chi connectivity index (χ0v) is 22.6. The van der Waals surface area contributed by atoms with Crippen molar-refractivity contribution in [2.45, 2.75) is 72.1 Å². The van der Waals surface area contributed by atoms with Crippen molar-refractivity contribution < 1.29 is 19.4 Å². The molecule has 7 heteroatoms. The van der Waals surface area contributed by atoms with Gasteiger partial charge in [-0.15, -0.1) is 0 Å². The molecular formula is C29H45N3O4. The number of benzene rings is 1. The van der Waals surface area contributed by atoms with E-state index in [1.54, 1.807) is 7.11 Å². The first-order valence-electron chi connectivity index (χ1n) is 13.7. The minimum absolute atomic E-state index is 0.0869. The minimum atomic E-state index is -0.498. The number of methoxy groups -OCH3 is 1. The van der Waals surface area contributed by atoms with Crippen molar-refractivity contribution in [2.75, 3.05) is 45.2 Å². The Bertz CT molecular complexity index is 972. The Morgan fingerprint density at radius 2 is 2.00 bits per heavy atom. The van der Waals surface area contributed by atoms with Crippen molar-refractivity contribution in [1.29, 1.82) is 0 Å². The lowest BCUT2D eigenvalue weighted by atomic mass is 9.75. The summed E-state index contributed by atoms with van der Waals surface area (Å²) in [6, 6.07) is 5.60. The number of rotatable bonds is 14. The number of pyridine rings is 1. The smallest absolute Gasteiger partial charge is 0.312 e. The summed E-state index contributed by atoms with van der Waals surface area (Å²) >= 11 is 0. The number of carbonyl (C=O) groups excluding carboxylic acids is 1. The molecular weight excluding hydrogens is 454 g/mol. The third-order valence-corrected chi connectivity index (χ3v) is 7.72. The van der Waals surface area contributed by atoms with Crippen LogP contribution in [0.1, 0.15) is 72.1 Å². The molecule has 2 heterocycles. The topological polar surface area (TPSA) is 83.9 Å². The lowest BCUT2D eigenvalue weighted by Gasteiger charge is -2.40. The molecule has 1 aromatic heterocycles. The Morgan fingerprint density at radius 3 is 2.69 bits per heavy atom. The van der Waals surface area contributed by atoms with Crippen LogP contribution in [-0.4, -0.2) is 60.9 Å². The number of fused-ring (bicyclic) bond motifs is 1. The quantitative estimate of drug-likeness (QED) is 0.243. The van der Waals surface area contributed by atoms with Crippen molar-refractivity contribution in [2.24, 2.45) is 11.3 Å². The number of hydrogen-bond donors (Lipinski definition) is 2. The van der Waals surface area contributed by atoms with E-state index in [4.69, 9.17) is 9.47 Å². The third-order valence-electron chi connectivity index (χ3n) is 7.72. The number of unbranched alkanes of at least 4 members (excludes halogenated alkanes) is 2. The molecule has 2 N–H and O–H groups in total. The monoisotopic (exact) mass is 499 g/mol. The Morgan fingerprint density at radius 1 is 1.22 bits per heavy atom. The van der Waals surface area contributed by atoms with Crippen LogP contribution in [0.4, 0.5) is 5.69 Å². The fourth-order valence-corrected chi connectivity index (χ4v) is 5.24. The van der Waals surface area contributed by atoms with Crippen LogP contribution in [0, 0.1) is 11.3 Å². The molecule has 1 aliphatic heterocycles. The molecule has 36 heavy (non-hydrogen) atoms. The van der Waals surface area contributed by atoms with Gasteiger partial charge in [-0.25, -0.2) is 0 Å². The predicted molar refractivity (Wildman–Crippen MR) is 146 cm³/mol. The Hall–Kier alpha value is -2.54. The van der Waals surface area contributed by atoms with Gasteiger partial charge < -0.3 is 24.8 Å². The molecule has 200 valence electrons. The highest BCUT2D eigenvalue weighted by Crippen LogP contribution is 2.38. The van der Waals surface area contributed by atoms with E-state index in [1.165, 1.54) is 38.3 Å². The first-order valence-corrected chi connectivity index (χ1v) is 13.7. The number of nitrogens with zero attached hydrogens (tertiary/aromatic N) is 2. The molecule has 0 saturated carbocycles. The summed E-state index contributed by atoms with van der Waals surface area (Å²) in [4.78, 5) is 19.9. The summed E-state index contributed by atoms with van der Waals surface area (Å²) in [6.07, 6.45) is 10.2. The SMILES string of the molecule is CCCCCC(C)CCN1CCC(CCNc2c(O)cnc3ccc(OC)cc23)(C(=O)OCC)CC1. The summed E-state index contributed by atoms with van der Waals surface area (Å²) in [7, 11) is 1.62. The van der Waals surface area contributed by atoms with Gasteiger partial charge >= 0.3 is 5.97 Å². The predicted octanol–water partition coefficient (Wildman–Crippen LogP) is 6.00. The van der Waals surface area contributed by atoms with E-state index in [0.29, 0.717) is 31.0 Å². The second-order valence-electron chi connectivity index (χ2n) is 10.3. The van der Waals surface area contributed by atoms with Crippen molar-refractivity contribution in [3.05, 3.63) is 24.4 Å². The highest BCUT2D eigenvalue weighted by molar-refractivity contribution is 5.95. The lowest BCUT2D eigenvalue weighted by Crippen LogP contribution is -2.46. The second kappa shape index (κ2) is 13.7. The summed E-state index contributed by atoms with van der Waals surface area (Å²) in [6.45, 7) is 10.4. The van der Waals surface area contributed by atoms with Crippen LogP contribution in [0.3, 0.4) is 0 Å². The number of ether oxygens (including phenoxy) is 2. The van der Waals surface area contributed by atoms with E-state index in [-0.39, 0.29) is 11.7 Å². The summed E-state index contributed by atoms with van der Waals surface area (Å²) in [5.41, 5.74) is 0.892. The Kier molecular flexibility index (Phi) is 10.7. The number of aromatic nitrogens is 1. The molecule has 1 aliphatic rings. The van der Waals surface area contributed by atoms with Crippen LogP contribution in [0.25, 0.3) is 10.9 Å². The number of likely N-dealkylation sites (tertiary alicyclic amines) is 1. The molecule has 0 aliphatic carbocycles. The molecule has 0 radical (unpaired) electrons. The molecule has 7 nitrogen and oxygen atoms in total. The average Bonchev–Trinajstić information content (AvgIpc) is 2.89. The van der Waals surface area contributed by atoms with Crippen LogP contribution in [0.2, 0.25) is 0 Å². The van der Waals surface area contributed by atoms with Gasteiger partial charge in [-0.1, -0.05) is 39.5 Å². The maximum Gasteiger partial charge on any atom is 0.312 e. The second-order valence-corrected chi connectivity index (χ2v) is 10.3. The minimum Gasteiger partial charge on any atom is -0.504 e. The first kappa shape index (κ1) is 28.0. The maximum absolute atomic E-state index is 13.1. The molecule has 1 saturated heterocycles. The van der Waals surface area contributed by atoms with Gasteiger partial charge in [-0.05, 0) is 76.4 Å². The number of esters is 1. The van der Waals surface area contributed by atoms with Crippen LogP contribution in [0.15, 0.2) is 24.4 Å². The molecule has 1 unspecified atom stereocenters. The van der Waals surface area contributed by atoms with Crippen molar-refractivity contribution in [3.8, 4) is 11.5 Å². The average molecular weight is 500 g/mol. The van der Waals surface area contributed by atoms with Gasteiger partial charge in [0.1, 0.15) is 5.75 Å². The van der Waals surface area contributed by atoms with E-state index in [1.807, 2.05) is 25.1 Å². The normalized spacial score (nSPS) is 16.6. The first-order chi connectivity index (χ1) is 17.4. The van der Waals surface area contributed by atoms with E-state index in [9.17, 15) is 9.90 Å². The fraction of sp³-hybridized carbons (Fsp3) is 0.655. The van der Waals surface area contributed by atoms with E-state index in [2.05, 4.69) is 29.0 Å². The van der Waals surface area contributed by atoms with Gasteiger partial charge in [0.15, 0.2) is 5.75 Å². The highest BCUT2D eigenvalue weighted by atomic mass is 16.5. The lowest BCUT2D eigenvalue weighted by molar-refractivity contribution is -0.159.